The molecule has 1 aliphatic rings. The molecule has 0 spiro atoms. The van der Waals surface area contributed by atoms with E-state index in [9.17, 15) is 9.90 Å². The van der Waals surface area contributed by atoms with Crippen molar-refractivity contribution in [3.63, 3.8) is 0 Å². The molecule has 0 amide bonds. The van der Waals surface area contributed by atoms with Crippen molar-refractivity contribution >= 4 is 5.97 Å². The van der Waals surface area contributed by atoms with Gasteiger partial charge in [-0.3, -0.25) is 4.79 Å². The Morgan fingerprint density at radius 2 is 2.05 bits per heavy atom. The molecule has 5 nitrogen and oxygen atoms in total. The van der Waals surface area contributed by atoms with E-state index in [0.717, 1.165) is 6.54 Å². The summed E-state index contributed by atoms with van der Waals surface area (Å²) >= 11 is 0. The summed E-state index contributed by atoms with van der Waals surface area (Å²) in [5.41, 5.74) is -0.694. The Morgan fingerprint density at radius 1 is 1.40 bits per heavy atom. The zero-order valence-electron chi connectivity index (χ0n) is 13.0. The summed E-state index contributed by atoms with van der Waals surface area (Å²) in [4.78, 5) is 11.6. The van der Waals surface area contributed by atoms with E-state index in [2.05, 4.69) is 5.32 Å². The summed E-state index contributed by atoms with van der Waals surface area (Å²) in [5, 5.41) is 13.7. The van der Waals surface area contributed by atoms with E-state index in [1.54, 1.807) is 0 Å². The average Bonchev–Trinajstić information content (AvgIpc) is 2.39. The first kappa shape index (κ1) is 17.4. The van der Waals surface area contributed by atoms with Crippen LogP contribution in [0.3, 0.4) is 0 Å². The highest BCUT2D eigenvalue weighted by Gasteiger charge is 2.35. The van der Waals surface area contributed by atoms with E-state index in [1.807, 2.05) is 20.8 Å². The van der Waals surface area contributed by atoms with Crippen molar-refractivity contribution in [1.29, 1.82) is 0 Å². The summed E-state index contributed by atoms with van der Waals surface area (Å²) < 4.78 is 10.5. The molecule has 1 aliphatic carbocycles. The maximum atomic E-state index is 11.6. The lowest BCUT2D eigenvalue weighted by molar-refractivity contribution is -0.151. The summed E-state index contributed by atoms with van der Waals surface area (Å²) in [6.07, 6.45) is 2.95. The number of ether oxygens (including phenoxy) is 2. The highest BCUT2D eigenvalue weighted by atomic mass is 16.5. The number of carbonyl (C=O) groups is 1. The molecule has 0 saturated heterocycles. The molecule has 1 fully saturated rings. The average molecular weight is 287 g/mol. The minimum atomic E-state index is -0.694. The van der Waals surface area contributed by atoms with E-state index in [0.29, 0.717) is 45.4 Å². The van der Waals surface area contributed by atoms with Gasteiger partial charge in [-0.2, -0.15) is 0 Å². The lowest BCUT2D eigenvalue weighted by atomic mass is 9.79. The van der Waals surface area contributed by atoms with Gasteiger partial charge in [0.05, 0.1) is 30.8 Å². The SMILES string of the molecule is CCOC(=O)C1CCC(O)(CNCCOC(C)C)CC1. The van der Waals surface area contributed by atoms with Gasteiger partial charge in [-0.25, -0.2) is 0 Å². The molecule has 0 aromatic heterocycles. The molecule has 0 heterocycles. The normalized spacial score (nSPS) is 26.8. The topological polar surface area (TPSA) is 67.8 Å². The number of esters is 1. The second-order valence-electron chi connectivity index (χ2n) is 5.85. The summed E-state index contributed by atoms with van der Waals surface area (Å²) in [6.45, 7) is 8.20. The first-order valence-electron chi connectivity index (χ1n) is 7.68. The minimum absolute atomic E-state index is 0.0421. The van der Waals surface area contributed by atoms with Crippen molar-refractivity contribution in [1.82, 2.24) is 5.32 Å². The fourth-order valence-corrected chi connectivity index (χ4v) is 2.52. The zero-order valence-corrected chi connectivity index (χ0v) is 13.0. The quantitative estimate of drug-likeness (QED) is 0.523. The molecule has 5 heteroatoms. The molecule has 0 aliphatic heterocycles. The number of aliphatic hydroxyl groups is 1. The standard InChI is InChI=1S/C15H29NO4/c1-4-19-14(17)13-5-7-15(18,8-6-13)11-16-9-10-20-12(2)3/h12-13,16,18H,4-11H2,1-3H3. The zero-order chi connectivity index (χ0) is 15.0. The third-order valence-corrected chi connectivity index (χ3v) is 3.72. The Labute approximate surface area is 122 Å². The molecule has 0 bridgehead atoms. The Kier molecular flexibility index (Phi) is 7.48. The lowest BCUT2D eigenvalue weighted by Crippen LogP contribution is -2.45. The predicted octanol–water partition coefficient (Wildman–Crippen LogP) is 1.49. The van der Waals surface area contributed by atoms with E-state index < -0.39 is 5.60 Å². The Hall–Kier alpha value is -0.650. The number of hydrogen-bond donors (Lipinski definition) is 2. The van der Waals surface area contributed by atoms with E-state index >= 15 is 0 Å². The van der Waals surface area contributed by atoms with Crippen LogP contribution in [-0.2, 0) is 14.3 Å². The van der Waals surface area contributed by atoms with Gasteiger partial charge in [0, 0.05) is 13.1 Å². The molecule has 1 rings (SSSR count). The van der Waals surface area contributed by atoms with Crippen LogP contribution in [0, 0.1) is 5.92 Å². The molecule has 0 radical (unpaired) electrons. The van der Waals surface area contributed by atoms with Crippen molar-refractivity contribution in [2.45, 2.75) is 58.2 Å². The molecule has 20 heavy (non-hydrogen) atoms. The van der Waals surface area contributed by atoms with Crippen molar-refractivity contribution < 1.29 is 19.4 Å². The van der Waals surface area contributed by atoms with Crippen LogP contribution in [0.5, 0.6) is 0 Å². The monoisotopic (exact) mass is 287 g/mol. The first-order valence-corrected chi connectivity index (χ1v) is 7.68. The predicted molar refractivity (Wildman–Crippen MR) is 77.5 cm³/mol. The van der Waals surface area contributed by atoms with Crippen LogP contribution in [0.25, 0.3) is 0 Å². The molecular formula is C15H29NO4. The van der Waals surface area contributed by atoms with E-state index in [4.69, 9.17) is 9.47 Å². The maximum Gasteiger partial charge on any atom is 0.308 e. The van der Waals surface area contributed by atoms with Crippen molar-refractivity contribution in [2.75, 3.05) is 26.3 Å². The van der Waals surface area contributed by atoms with Gasteiger partial charge in [0.1, 0.15) is 0 Å². The van der Waals surface area contributed by atoms with Gasteiger partial charge in [-0.15, -0.1) is 0 Å². The van der Waals surface area contributed by atoms with Crippen molar-refractivity contribution in [3.8, 4) is 0 Å². The van der Waals surface area contributed by atoms with Gasteiger partial charge in [0.25, 0.3) is 0 Å². The fraction of sp³-hybridized carbons (Fsp3) is 0.933. The summed E-state index contributed by atoms with van der Waals surface area (Å²) in [6, 6.07) is 0. The first-order chi connectivity index (χ1) is 9.47. The minimum Gasteiger partial charge on any atom is -0.466 e. The Bertz CT molecular complexity index is 286. The van der Waals surface area contributed by atoms with Gasteiger partial charge < -0.3 is 19.9 Å². The fourth-order valence-electron chi connectivity index (χ4n) is 2.52. The molecule has 0 aromatic carbocycles. The number of carbonyl (C=O) groups excluding carboxylic acids is 1. The molecule has 0 aromatic rings. The second-order valence-corrected chi connectivity index (χ2v) is 5.85. The lowest BCUT2D eigenvalue weighted by Gasteiger charge is -2.35. The molecule has 0 atom stereocenters. The second kappa shape index (κ2) is 8.60. The largest absolute Gasteiger partial charge is 0.466 e. The third kappa shape index (κ3) is 6.20. The Balaban J connectivity index is 2.19. The van der Waals surface area contributed by atoms with Crippen LogP contribution in [0.15, 0.2) is 0 Å². The molecule has 118 valence electrons. The van der Waals surface area contributed by atoms with E-state index in [1.165, 1.54) is 0 Å². The summed E-state index contributed by atoms with van der Waals surface area (Å²) in [7, 11) is 0. The van der Waals surface area contributed by atoms with Gasteiger partial charge in [-0.05, 0) is 46.5 Å². The van der Waals surface area contributed by atoms with Gasteiger partial charge >= 0.3 is 5.97 Å². The highest BCUT2D eigenvalue weighted by molar-refractivity contribution is 5.72. The van der Waals surface area contributed by atoms with Gasteiger partial charge in [-0.1, -0.05) is 0 Å². The molecule has 2 N–H and O–H groups in total. The Morgan fingerprint density at radius 3 is 2.60 bits per heavy atom. The van der Waals surface area contributed by atoms with Crippen molar-refractivity contribution in [2.24, 2.45) is 5.92 Å². The van der Waals surface area contributed by atoms with Crippen LogP contribution in [0.2, 0.25) is 0 Å². The smallest absolute Gasteiger partial charge is 0.308 e. The number of nitrogens with one attached hydrogen (secondary N) is 1. The molecular weight excluding hydrogens is 258 g/mol. The van der Waals surface area contributed by atoms with Gasteiger partial charge in [0.15, 0.2) is 0 Å². The maximum absolute atomic E-state index is 11.6. The number of hydrogen-bond acceptors (Lipinski definition) is 5. The van der Waals surface area contributed by atoms with Crippen LogP contribution >= 0.6 is 0 Å². The van der Waals surface area contributed by atoms with Crippen LogP contribution in [-0.4, -0.2) is 49.1 Å². The van der Waals surface area contributed by atoms with E-state index in [-0.39, 0.29) is 18.0 Å². The molecule has 1 saturated carbocycles. The van der Waals surface area contributed by atoms with Crippen LogP contribution in [0.4, 0.5) is 0 Å². The van der Waals surface area contributed by atoms with Crippen LogP contribution in [0.1, 0.15) is 46.5 Å². The number of rotatable bonds is 8. The van der Waals surface area contributed by atoms with Gasteiger partial charge in [0.2, 0.25) is 0 Å². The summed E-state index contributed by atoms with van der Waals surface area (Å²) in [5.74, 6) is -0.160. The van der Waals surface area contributed by atoms with Crippen molar-refractivity contribution in [3.05, 3.63) is 0 Å². The third-order valence-electron chi connectivity index (χ3n) is 3.72. The van der Waals surface area contributed by atoms with Crippen LogP contribution < -0.4 is 5.32 Å². The molecule has 0 unspecified atom stereocenters. The highest BCUT2D eigenvalue weighted by Crippen LogP contribution is 2.32.